The van der Waals surface area contributed by atoms with Gasteiger partial charge in [-0.05, 0) is 18.6 Å². The SMILES string of the molecule is Cc1ccc(C(=O)c2cn(C3CNC3)nn2)cc1F. The minimum atomic E-state index is -0.388. The maximum Gasteiger partial charge on any atom is 0.214 e. The first-order valence-corrected chi connectivity index (χ1v) is 6.08. The van der Waals surface area contributed by atoms with Crippen molar-refractivity contribution in [2.24, 2.45) is 0 Å². The van der Waals surface area contributed by atoms with E-state index in [2.05, 4.69) is 15.6 Å². The molecule has 6 heteroatoms. The predicted molar refractivity (Wildman–Crippen MR) is 66.5 cm³/mol. The highest BCUT2D eigenvalue weighted by molar-refractivity contribution is 6.07. The van der Waals surface area contributed by atoms with Crippen LogP contribution < -0.4 is 5.32 Å². The van der Waals surface area contributed by atoms with Gasteiger partial charge in [-0.3, -0.25) is 4.79 Å². The summed E-state index contributed by atoms with van der Waals surface area (Å²) in [5, 5.41) is 10.9. The average molecular weight is 260 g/mol. The number of aromatic nitrogens is 3. The van der Waals surface area contributed by atoms with Gasteiger partial charge in [0.1, 0.15) is 5.82 Å². The Balaban J connectivity index is 1.86. The fraction of sp³-hybridized carbons (Fsp3) is 0.308. The maximum absolute atomic E-state index is 13.5. The Labute approximate surface area is 109 Å². The molecule has 1 aromatic carbocycles. The molecule has 19 heavy (non-hydrogen) atoms. The largest absolute Gasteiger partial charge is 0.312 e. The third-order valence-corrected chi connectivity index (χ3v) is 3.31. The zero-order valence-electron chi connectivity index (χ0n) is 10.4. The van der Waals surface area contributed by atoms with E-state index < -0.39 is 0 Å². The summed E-state index contributed by atoms with van der Waals surface area (Å²) in [5.74, 6) is -0.695. The van der Waals surface area contributed by atoms with Crippen LogP contribution in [0.4, 0.5) is 4.39 Å². The van der Waals surface area contributed by atoms with Gasteiger partial charge < -0.3 is 5.32 Å². The van der Waals surface area contributed by atoms with Crippen LogP contribution in [0.25, 0.3) is 0 Å². The summed E-state index contributed by atoms with van der Waals surface area (Å²) in [7, 11) is 0. The van der Waals surface area contributed by atoms with Gasteiger partial charge in [0.05, 0.1) is 12.2 Å². The summed E-state index contributed by atoms with van der Waals surface area (Å²) in [6.45, 7) is 3.32. The topological polar surface area (TPSA) is 59.8 Å². The van der Waals surface area contributed by atoms with Crippen molar-refractivity contribution in [3.8, 4) is 0 Å². The number of nitrogens with one attached hydrogen (secondary N) is 1. The summed E-state index contributed by atoms with van der Waals surface area (Å²) >= 11 is 0. The lowest BCUT2D eigenvalue weighted by molar-refractivity contribution is 0.103. The number of ketones is 1. The standard InChI is InChI=1S/C13H13FN4O/c1-8-2-3-9(4-11(8)14)13(19)12-7-18(17-16-12)10-5-15-6-10/h2-4,7,10,15H,5-6H2,1H3. The Morgan fingerprint density at radius 3 is 2.89 bits per heavy atom. The Kier molecular flexibility index (Phi) is 2.87. The van der Waals surface area contributed by atoms with Crippen LogP contribution in [0.15, 0.2) is 24.4 Å². The third-order valence-electron chi connectivity index (χ3n) is 3.31. The van der Waals surface area contributed by atoms with E-state index in [0.29, 0.717) is 11.1 Å². The summed E-state index contributed by atoms with van der Waals surface area (Å²) in [6.07, 6.45) is 1.62. The zero-order chi connectivity index (χ0) is 13.4. The number of carbonyl (C=O) groups excluding carboxylic acids is 1. The molecule has 2 heterocycles. The Morgan fingerprint density at radius 2 is 2.26 bits per heavy atom. The Bertz CT molecular complexity index is 633. The molecule has 5 nitrogen and oxygen atoms in total. The van der Waals surface area contributed by atoms with Crippen LogP contribution in [0, 0.1) is 12.7 Å². The highest BCUT2D eigenvalue weighted by Gasteiger charge is 2.22. The van der Waals surface area contributed by atoms with Gasteiger partial charge >= 0.3 is 0 Å². The van der Waals surface area contributed by atoms with Gasteiger partial charge in [0.15, 0.2) is 5.69 Å². The summed E-state index contributed by atoms with van der Waals surface area (Å²) in [4.78, 5) is 12.2. The number of aryl methyl sites for hydroxylation is 1. The molecular weight excluding hydrogens is 247 g/mol. The van der Waals surface area contributed by atoms with E-state index in [4.69, 9.17) is 0 Å². The molecule has 0 atom stereocenters. The second-order valence-electron chi connectivity index (χ2n) is 4.69. The average Bonchev–Trinajstić information content (AvgIpc) is 2.79. The van der Waals surface area contributed by atoms with Crippen LogP contribution in [0.1, 0.15) is 27.7 Å². The first-order chi connectivity index (χ1) is 9.15. The predicted octanol–water partition coefficient (Wildman–Crippen LogP) is 1.10. The molecule has 0 aliphatic carbocycles. The molecule has 1 fully saturated rings. The zero-order valence-corrected chi connectivity index (χ0v) is 10.4. The van der Waals surface area contributed by atoms with E-state index in [-0.39, 0.29) is 23.3 Å². The van der Waals surface area contributed by atoms with Crippen LogP contribution in [0.5, 0.6) is 0 Å². The molecule has 1 N–H and O–H groups in total. The first kappa shape index (κ1) is 12.0. The van der Waals surface area contributed by atoms with E-state index in [0.717, 1.165) is 13.1 Å². The highest BCUT2D eigenvalue weighted by atomic mass is 19.1. The molecule has 3 rings (SSSR count). The Morgan fingerprint density at radius 1 is 1.47 bits per heavy atom. The van der Waals surface area contributed by atoms with E-state index in [1.165, 1.54) is 6.07 Å². The van der Waals surface area contributed by atoms with Crippen molar-refractivity contribution < 1.29 is 9.18 Å². The van der Waals surface area contributed by atoms with Crippen LogP contribution in [-0.4, -0.2) is 33.9 Å². The van der Waals surface area contributed by atoms with Crippen molar-refractivity contribution in [1.82, 2.24) is 20.3 Å². The number of hydrogen-bond acceptors (Lipinski definition) is 4. The minimum Gasteiger partial charge on any atom is -0.312 e. The molecule has 0 radical (unpaired) electrons. The summed E-state index contributed by atoms with van der Waals surface area (Å²) < 4.78 is 15.1. The normalized spacial score (nSPS) is 15.3. The molecule has 0 saturated carbocycles. The second kappa shape index (κ2) is 4.55. The Hall–Kier alpha value is -2.08. The van der Waals surface area contributed by atoms with Crippen molar-refractivity contribution in [1.29, 1.82) is 0 Å². The van der Waals surface area contributed by atoms with Crippen molar-refractivity contribution in [2.45, 2.75) is 13.0 Å². The number of carbonyl (C=O) groups is 1. The van der Waals surface area contributed by atoms with Gasteiger partial charge in [0, 0.05) is 18.7 Å². The van der Waals surface area contributed by atoms with E-state index in [1.807, 2.05) is 0 Å². The van der Waals surface area contributed by atoms with Gasteiger partial charge in [-0.15, -0.1) is 5.10 Å². The van der Waals surface area contributed by atoms with Crippen molar-refractivity contribution in [3.05, 3.63) is 47.0 Å². The second-order valence-corrected chi connectivity index (χ2v) is 4.69. The highest BCUT2D eigenvalue weighted by Crippen LogP contribution is 2.14. The van der Waals surface area contributed by atoms with E-state index in [1.54, 1.807) is 29.9 Å². The lowest BCUT2D eigenvalue weighted by Gasteiger charge is -2.26. The van der Waals surface area contributed by atoms with Crippen LogP contribution in [0.3, 0.4) is 0 Å². The van der Waals surface area contributed by atoms with Crippen molar-refractivity contribution in [3.63, 3.8) is 0 Å². The fourth-order valence-electron chi connectivity index (χ4n) is 1.90. The molecule has 0 spiro atoms. The van der Waals surface area contributed by atoms with Crippen LogP contribution in [0.2, 0.25) is 0 Å². The monoisotopic (exact) mass is 260 g/mol. The van der Waals surface area contributed by atoms with Crippen LogP contribution in [-0.2, 0) is 0 Å². The lowest BCUT2D eigenvalue weighted by Crippen LogP contribution is -2.43. The lowest BCUT2D eigenvalue weighted by atomic mass is 10.1. The van der Waals surface area contributed by atoms with Gasteiger partial charge in [-0.25, -0.2) is 9.07 Å². The van der Waals surface area contributed by atoms with Crippen LogP contribution >= 0.6 is 0 Å². The fourth-order valence-corrected chi connectivity index (χ4v) is 1.90. The number of rotatable bonds is 3. The molecule has 1 aromatic heterocycles. The van der Waals surface area contributed by atoms with Gasteiger partial charge in [0.2, 0.25) is 5.78 Å². The van der Waals surface area contributed by atoms with E-state index >= 15 is 0 Å². The van der Waals surface area contributed by atoms with Gasteiger partial charge in [0.25, 0.3) is 0 Å². The number of halogens is 1. The third kappa shape index (κ3) is 2.15. The first-order valence-electron chi connectivity index (χ1n) is 6.08. The molecule has 0 bridgehead atoms. The summed E-state index contributed by atoms with van der Waals surface area (Å²) in [6, 6.07) is 4.68. The van der Waals surface area contributed by atoms with Gasteiger partial charge in [-0.1, -0.05) is 17.3 Å². The molecule has 1 aliphatic heterocycles. The number of nitrogens with zero attached hydrogens (tertiary/aromatic N) is 3. The maximum atomic E-state index is 13.5. The van der Waals surface area contributed by atoms with Crippen molar-refractivity contribution >= 4 is 5.78 Å². The molecule has 98 valence electrons. The van der Waals surface area contributed by atoms with Crippen molar-refractivity contribution in [2.75, 3.05) is 13.1 Å². The molecule has 1 aliphatic rings. The number of hydrogen-bond donors (Lipinski definition) is 1. The quantitative estimate of drug-likeness (QED) is 0.840. The molecule has 0 unspecified atom stereocenters. The molecular formula is C13H13FN4O. The molecule has 1 saturated heterocycles. The van der Waals surface area contributed by atoms with Gasteiger partial charge in [-0.2, -0.15) is 0 Å². The number of benzene rings is 1. The smallest absolute Gasteiger partial charge is 0.214 e. The molecule has 0 amide bonds. The molecule has 2 aromatic rings. The van der Waals surface area contributed by atoms with E-state index in [9.17, 15) is 9.18 Å². The minimum absolute atomic E-state index is 0.246. The summed E-state index contributed by atoms with van der Waals surface area (Å²) in [5.41, 5.74) is 1.05.